The number of amides is 1. The first kappa shape index (κ1) is 11.1. The van der Waals surface area contributed by atoms with Crippen LogP contribution in [0.1, 0.15) is 45.4 Å². The lowest BCUT2D eigenvalue weighted by molar-refractivity contribution is -0.146. The molecule has 4 rings (SSSR count). The van der Waals surface area contributed by atoms with E-state index in [1.807, 2.05) is 6.92 Å². The minimum absolute atomic E-state index is 0.0557. The molecular weight excluding hydrogens is 210 g/mol. The van der Waals surface area contributed by atoms with Gasteiger partial charge in [-0.3, -0.25) is 4.79 Å². The van der Waals surface area contributed by atoms with Crippen LogP contribution in [0.2, 0.25) is 0 Å². The fourth-order valence-corrected chi connectivity index (χ4v) is 4.78. The van der Waals surface area contributed by atoms with Gasteiger partial charge >= 0.3 is 0 Å². The van der Waals surface area contributed by atoms with E-state index in [0.717, 1.165) is 37.0 Å². The molecule has 4 saturated carbocycles. The lowest BCUT2D eigenvalue weighted by Crippen LogP contribution is -2.54. The van der Waals surface area contributed by atoms with Crippen LogP contribution in [0.25, 0.3) is 0 Å². The van der Waals surface area contributed by atoms with Gasteiger partial charge in [0.2, 0.25) is 5.91 Å². The second-order valence-corrected chi connectivity index (χ2v) is 6.56. The summed E-state index contributed by atoms with van der Waals surface area (Å²) in [4.78, 5) is 12.5. The van der Waals surface area contributed by atoms with Crippen molar-refractivity contribution in [3.8, 4) is 12.3 Å². The normalized spacial score (nSPS) is 44.1. The zero-order valence-electron chi connectivity index (χ0n) is 10.5. The first-order valence-electron chi connectivity index (χ1n) is 6.88. The molecule has 0 heterocycles. The molecule has 0 radical (unpaired) electrons. The maximum atomic E-state index is 12.5. The van der Waals surface area contributed by atoms with Crippen molar-refractivity contribution in [3.05, 3.63) is 0 Å². The van der Waals surface area contributed by atoms with E-state index in [-0.39, 0.29) is 17.4 Å². The van der Waals surface area contributed by atoms with Gasteiger partial charge in [0.25, 0.3) is 0 Å². The average molecular weight is 231 g/mol. The van der Waals surface area contributed by atoms with Gasteiger partial charge in [-0.1, -0.05) is 5.92 Å². The highest BCUT2D eigenvalue weighted by Crippen LogP contribution is 2.60. The van der Waals surface area contributed by atoms with Gasteiger partial charge in [0.1, 0.15) is 0 Å². The molecule has 0 aromatic heterocycles. The SMILES string of the molecule is C#CC(C)NC(=O)C12CC3CC(CC(C3)C1)C2. The van der Waals surface area contributed by atoms with E-state index >= 15 is 0 Å². The van der Waals surface area contributed by atoms with E-state index < -0.39 is 0 Å². The van der Waals surface area contributed by atoms with Crippen molar-refractivity contribution in [3.63, 3.8) is 0 Å². The molecule has 1 N–H and O–H groups in total. The number of hydrogen-bond acceptors (Lipinski definition) is 1. The average Bonchev–Trinajstić information content (AvgIpc) is 2.26. The Morgan fingerprint density at radius 3 is 2.12 bits per heavy atom. The lowest BCUT2D eigenvalue weighted by atomic mass is 9.49. The predicted octanol–water partition coefficient (Wildman–Crippen LogP) is 2.34. The van der Waals surface area contributed by atoms with E-state index in [0.29, 0.717) is 0 Å². The zero-order chi connectivity index (χ0) is 12.0. The van der Waals surface area contributed by atoms with Crippen LogP contribution >= 0.6 is 0 Å². The molecule has 1 amide bonds. The summed E-state index contributed by atoms with van der Waals surface area (Å²) < 4.78 is 0. The Hall–Kier alpha value is -0.970. The van der Waals surface area contributed by atoms with Crippen molar-refractivity contribution in [2.45, 2.75) is 51.5 Å². The maximum Gasteiger partial charge on any atom is 0.227 e. The second kappa shape index (κ2) is 3.77. The molecule has 0 aromatic rings. The smallest absolute Gasteiger partial charge is 0.227 e. The molecule has 1 unspecified atom stereocenters. The molecule has 2 heteroatoms. The Labute approximate surface area is 104 Å². The number of nitrogens with one attached hydrogen (secondary N) is 1. The molecule has 1 atom stereocenters. The van der Waals surface area contributed by atoms with Gasteiger partial charge in [0.15, 0.2) is 0 Å². The molecule has 0 saturated heterocycles. The van der Waals surface area contributed by atoms with Crippen LogP contribution in [0.15, 0.2) is 0 Å². The van der Waals surface area contributed by atoms with Crippen LogP contribution in [-0.4, -0.2) is 11.9 Å². The maximum absolute atomic E-state index is 12.5. The van der Waals surface area contributed by atoms with Gasteiger partial charge in [-0.05, 0) is 63.2 Å². The Kier molecular flexibility index (Phi) is 2.47. The quantitative estimate of drug-likeness (QED) is 0.726. The minimum atomic E-state index is -0.129. The Balaban J connectivity index is 1.78. The third kappa shape index (κ3) is 1.76. The van der Waals surface area contributed by atoms with Gasteiger partial charge < -0.3 is 5.32 Å². The minimum Gasteiger partial charge on any atom is -0.342 e. The van der Waals surface area contributed by atoms with Crippen molar-refractivity contribution in [1.82, 2.24) is 5.32 Å². The van der Waals surface area contributed by atoms with Gasteiger partial charge in [0, 0.05) is 5.41 Å². The summed E-state index contributed by atoms with van der Waals surface area (Å²) in [6, 6.07) is -0.129. The third-order valence-corrected chi connectivity index (χ3v) is 5.12. The summed E-state index contributed by atoms with van der Waals surface area (Å²) in [5, 5.41) is 3.01. The van der Waals surface area contributed by atoms with Gasteiger partial charge in [-0.2, -0.15) is 0 Å². The van der Waals surface area contributed by atoms with E-state index in [1.165, 1.54) is 19.3 Å². The van der Waals surface area contributed by atoms with Gasteiger partial charge in [-0.25, -0.2) is 0 Å². The molecule has 0 spiro atoms. The number of hydrogen-bond donors (Lipinski definition) is 1. The molecule has 0 aliphatic heterocycles. The molecule has 4 fully saturated rings. The van der Waals surface area contributed by atoms with Gasteiger partial charge in [-0.15, -0.1) is 6.42 Å². The molecule has 4 aliphatic rings. The molecule has 17 heavy (non-hydrogen) atoms. The topological polar surface area (TPSA) is 29.1 Å². The first-order valence-corrected chi connectivity index (χ1v) is 6.88. The third-order valence-electron chi connectivity index (χ3n) is 5.12. The van der Waals surface area contributed by atoms with Crippen molar-refractivity contribution in [2.75, 3.05) is 0 Å². The largest absolute Gasteiger partial charge is 0.342 e. The molecule has 4 aliphatic carbocycles. The van der Waals surface area contributed by atoms with Crippen LogP contribution in [0.3, 0.4) is 0 Å². The Bertz CT molecular complexity index is 344. The Morgan fingerprint density at radius 2 is 1.71 bits per heavy atom. The van der Waals surface area contributed by atoms with Crippen molar-refractivity contribution < 1.29 is 4.79 Å². The van der Waals surface area contributed by atoms with E-state index in [1.54, 1.807) is 0 Å². The standard InChI is InChI=1S/C15H21NO/c1-3-10(2)16-14(17)15-7-11-4-12(8-15)6-13(5-11)9-15/h1,10-13H,4-9H2,2H3,(H,16,17). The molecule has 4 bridgehead atoms. The fourth-order valence-electron chi connectivity index (χ4n) is 4.78. The van der Waals surface area contributed by atoms with Crippen molar-refractivity contribution in [2.24, 2.45) is 23.2 Å². The summed E-state index contributed by atoms with van der Waals surface area (Å²) in [7, 11) is 0. The van der Waals surface area contributed by atoms with Crippen molar-refractivity contribution in [1.29, 1.82) is 0 Å². The van der Waals surface area contributed by atoms with Crippen LogP contribution in [-0.2, 0) is 4.79 Å². The van der Waals surface area contributed by atoms with Gasteiger partial charge in [0.05, 0.1) is 6.04 Å². The highest BCUT2D eigenvalue weighted by atomic mass is 16.2. The van der Waals surface area contributed by atoms with E-state index in [9.17, 15) is 4.79 Å². The number of rotatable bonds is 2. The van der Waals surface area contributed by atoms with Crippen LogP contribution < -0.4 is 5.32 Å². The molecule has 0 aromatic carbocycles. The van der Waals surface area contributed by atoms with E-state index in [4.69, 9.17) is 6.42 Å². The Morgan fingerprint density at radius 1 is 1.24 bits per heavy atom. The van der Waals surface area contributed by atoms with Crippen LogP contribution in [0.5, 0.6) is 0 Å². The fraction of sp³-hybridized carbons (Fsp3) is 0.800. The second-order valence-electron chi connectivity index (χ2n) is 6.56. The highest BCUT2D eigenvalue weighted by Gasteiger charge is 2.54. The van der Waals surface area contributed by atoms with E-state index in [2.05, 4.69) is 11.2 Å². The van der Waals surface area contributed by atoms with Crippen LogP contribution in [0, 0.1) is 35.5 Å². The first-order chi connectivity index (χ1) is 8.11. The predicted molar refractivity (Wildman–Crippen MR) is 67.0 cm³/mol. The monoisotopic (exact) mass is 231 g/mol. The van der Waals surface area contributed by atoms with Crippen LogP contribution in [0.4, 0.5) is 0 Å². The lowest BCUT2D eigenvalue weighted by Gasteiger charge is -2.55. The number of carbonyl (C=O) groups is 1. The highest BCUT2D eigenvalue weighted by molar-refractivity contribution is 5.83. The summed E-state index contributed by atoms with van der Waals surface area (Å²) >= 11 is 0. The molecule has 2 nitrogen and oxygen atoms in total. The number of terminal acetylenes is 1. The zero-order valence-corrected chi connectivity index (χ0v) is 10.5. The number of carbonyl (C=O) groups excluding carboxylic acids is 1. The summed E-state index contributed by atoms with van der Waals surface area (Å²) in [5.74, 6) is 5.27. The summed E-state index contributed by atoms with van der Waals surface area (Å²) in [6.45, 7) is 1.89. The molecule has 92 valence electrons. The summed E-state index contributed by atoms with van der Waals surface area (Å²) in [6.07, 6.45) is 12.8. The molecular formula is C15H21NO. The van der Waals surface area contributed by atoms with Crippen molar-refractivity contribution >= 4 is 5.91 Å². The summed E-state index contributed by atoms with van der Waals surface area (Å²) in [5.41, 5.74) is -0.0557.